The molecule has 0 amide bonds. The van der Waals surface area contributed by atoms with Crippen molar-refractivity contribution in [3.63, 3.8) is 0 Å². The second kappa shape index (κ2) is 2.96. The summed E-state index contributed by atoms with van der Waals surface area (Å²) in [4.78, 5) is 13.9. The van der Waals surface area contributed by atoms with Crippen molar-refractivity contribution in [2.24, 2.45) is 0 Å². The van der Waals surface area contributed by atoms with E-state index in [0.717, 1.165) is 11.8 Å². The van der Waals surface area contributed by atoms with Gasteiger partial charge in [0.15, 0.2) is 0 Å². The lowest BCUT2D eigenvalue weighted by atomic mass is 10.2. The minimum atomic E-state index is 0.347. The number of carbonyl (C=O) groups excluding carboxylic acids is 1. The first-order valence-corrected chi connectivity index (χ1v) is 2.96. The summed E-state index contributed by atoms with van der Waals surface area (Å²) in [5, 5.41) is 0. The zero-order valence-electron chi connectivity index (χ0n) is 5.45. The zero-order valence-corrected chi connectivity index (χ0v) is 5.45. The van der Waals surface area contributed by atoms with Gasteiger partial charge in [-0.2, -0.15) is 0 Å². The minimum absolute atomic E-state index is 0.347. The lowest BCUT2D eigenvalue weighted by molar-refractivity contribution is -0.107. The highest BCUT2D eigenvalue weighted by atomic mass is 16.1. The summed E-state index contributed by atoms with van der Waals surface area (Å²) in [6.07, 6.45) is 4.36. The van der Waals surface area contributed by atoms with E-state index in [0.29, 0.717) is 12.1 Å². The number of aromatic nitrogens is 1. The van der Waals surface area contributed by atoms with Crippen LogP contribution in [0.4, 0.5) is 5.69 Å². The Labute approximate surface area is 58.9 Å². The van der Waals surface area contributed by atoms with E-state index < -0.39 is 0 Å². The van der Waals surface area contributed by atoms with Crippen LogP contribution in [0, 0.1) is 0 Å². The van der Waals surface area contributed by atoms with Crippen LogP contribution < -0.4 is 5.73 Å². The van der Waals surface area contributed by atoms with Gasteiger partial charge in [-0.15, -0.1) is 0 Å². The summed E-state index contributed by atoms with van der Waals surface area (Å²) in [6, 6.07) is 1.68. The van der Waals surface area contributed by atoms with Crippen molar-refractivity contribution >= 4 is 12.0 Å². The van der Waals surface area contributed by atoms with Gasteiger partial charge < -0.3 is 10.5 Å². The van der Waals surface area contributed by atoms with Gasteiger partial charge in [0.1, 0.15) is 6.29 Å². The summed E-state index contributed by atoms with van der Waals surface area (Å²) >= 11 is 0. The van der Waals surface area contributed by atoms with Crippen molar-refractivity contribution < 1.29 is 4.79 Å². The summed E-state index contributed by atoms with van der Waals surface area (Å²) in [6.45, 7) is 0. The Morgan fingerprint density at radius 3 is 3.10 bits per heavy atom. The van der Waals surface area contributed by atoms with Crippen LogP contribution in [0.2, 0.25) is 0 Å². The third-order valence-electron chi connectivity index (χ3n) is 1.24. The molecule has 1 aromatic heterocycles. The lowest BCUT2D eigenvalue weighted by Crippen LogP contribution is -1.95. The van der Waals surface area contributed by atoms with Crippen LogP contribution in [0.25, 0.3) is 0 Å². The number of nitrogens with zero attached hydrogens (tertiary/aromatic N) is 1. The topological polar surface area (TPSA) is 56.0 Å². The third kappa shape index (κ3) is 1.31. The number of rotatable bonds is 2. The molecule has 3 heteroatoms. The standard InChI is InChI=1S/C7H8N2O/c8-7-1-3-9-5-6(7)2-4-10/h1,3-5H,2H2,(H2,8,9). The number of nitrogen functional groups attached to an aromatic ring is 1. The van der Waals surface area contributed by atoms with E-state index in [4.69, 9.17) is 5.73 Å². The first-order valence-electron chi connectivity index (χ1n) is 2.96. The van der Waals surface area contributed by atoms with Crippen molar-refractivity contribution in [3.8, 4) is 0 Å². The summed E-state index contributed by atoms with van der Waals surface area (Å²) in [5.41, 5.74) is 6.92. The van der Waals surface area contributed by atoms with Crippen LogP contribution in [0.5, 0.6) is 0 Å². The number of aldehydes is 1. The number of anilines is 1. The molecule has 0 unspecified atom stereocenters. The van der Waals surface area contributed by atoms with E-state index in [1.54, 1.807) is 18.5 Å². The Hall–Kier alpha value is -1.38. The molecule has 0 fully saturated rings. The molecule has 3 nitrogen and oxygen atoms in total. The number of pyridine rings is 1. The quantitative estimate of drug-likeness (QED) is 0.599. The van der Waals surface area contributed by atoms with Crippen molar-refractivity contribution in [2.45, 2.75) is 6.42 Å². The summed E-state index contributed by atoms with van der Waals surface area (Å²) in [5.74, 6) is 0. The average molecular weight is 136 g/mol. The van der Waals surface area contributed by atoms with E-state index in [1.165, 1.54) is 0 Å². The fourth-order valence-electron chi connectivity index (χ4n) is 0.698. The monoisotopic (exact) mass is 136 g/mol. The first-order chi connectivity index (χ1) is 4.84. The molecule has 0 aliphatic carbocycles. The maximum absolute atomic E-state index is 10.0. The molecule has 0 aliphatic rings. The Morgan fingerprint density at radius 1 is 1.70 bits per heavy atom. The first kappa shape index (κ1) is 6.74. The molecule has 0 aliphatic heterocycles. The maximum Gasteiger partial charge on any atom is 0.124 e. The largest absolute Gasteiger partial charge is 0.398 e. The van der Waals surface area contributed by atoms with Crippen LogP contribution in [-0.4, -0.2) is 11.3 Å². The number of hydrogen-bond donors (Lipinski definition) is 1. The molecular weight excluding hydrogens is 128 g/mol. The van der Waals surface area contributed by atoms with Gasteiger partial charge in [-0.05, 0) is 6.07 Å². The normalized spacial score (nSPS) is 9.20. The molecule has 0 aromatic carbocycles. The average Bonchev–Trinajstić information content (AvgIpc) is 1.94. The highest BCUT2D eigenvalue weighted by Crippen LogP contribution is 2.07. The molecule has 1 heterocycles. The number of carbonyl (C=O) groups is 1. The molecule has 0 radical (unpaired) electrons. The van der Waals surface area contributed by atoms with Gasteiger partial charge >= 0.3 is 0 Å². The Kier molecular flexibility index (Phi) is 1.99. The summed E-state index contributed by atoms with van der Waals surface area (Å²) < 4.78 is 0. The van der Waals surface area contributed by atoms with E-state index in [-0.39, 0.29) is 0 Å². The third-order valence-corrected chi connectivity index (χ3v) is 1.24. The highest BCUT2D eigenvalue weighted by molar-refractivity contribution is 5.60. The molecule has 52 valence electrons. The molecule has 1 aromatic rings. The Balaban J connectivity index is 2.91. The molecule has 0 spiro atoms. The van der Waals surface area contributed by atoms with Gasteiger partial charge in [0.25, 0.3) is 0 Å². The van der Waals surface area contributed by atoms with Gasteiger partial charge in [0, 0.05) is 30.1 Å². The van der Waals surface area contributed by atoms with E-state index >= 15 is 0 Å². The number of hydrogen-bond acceptors (Lipinski definition) is 3. The van der Waals surface area contributed by atoms with E-state index in [2.05, 4.69) is 4.98 Å². The number of nitrogens with two attached hydrogens (primary N) is 1. The van der Waals surface area contributed by atoms with Crippen LogP contribution in [-0.2, 0) is 11.2 Å². The lowest BCUT2D eigenvalue weighted by Gasteiger charge is -1.97. The smallest absolute Gasteiger partial charge is 0.124 e. The van der Waals surface area contributed by atoms with Crippen molar-refractivity contribution in [2.75, 3.05) is 5.73 Å². The molecule has 0 atom stereocenters. The molecule has 10 heavy (non-hydrogen) atoms. The minimum Gasteiger partial charge on any atom is -0.398 e. The Bertz CT molecular complexity index is 235. The SMILES string of the molecule is Nc1ccncc1CC=O. The van der Waals surface area contributed by atoms with Crippen LogP contribution in [0.15, 0.2) is 18.5 Å². The highest BCUT2D eigenvalue weighted by Gasteiger charge is 1.94. The van der Waals surface area contributed by atoms with Crippen molar-refractivity contribution in [3.05, 3.63) is 24.0 Å². The van der Waals surface area contributed by atoms with Crippen molar-refractivity contribution in [1.29, 1.82) is 0 Å². The van der Waals surface area contributed by atoms with Crippen LogP contribution in [0.3, 0.4) is 0 Å². The predicted octanol–water partition coefficient (Wildman–Crippen LogP) is 0.405. The zero-order chi connectivity index (χ0) is 7.40. The van der Waals surface area contributed by atoms with E-state index in [1.807, 2.05) is 0 Å². The second-order valence-electron chi connectivity index (χ2n) is 1.95. The Morgan fingerprint density at radius 2 is 2.50 bits per heavy atom. The fourth-order valence-corrected chi connectivity index (χ4v) is 0.698. The van der Waals surface area contributed by atoms with Gasteiger partial charge in [0.2, 0.25) is 0 Å². The van der Waals surface area contributed by atoms with Crippen molar-refractivity contribution in [1.82, 2.24) is 4.98 Å². The van der Waals surface area contributed by atoms with E-state index in [9.17, 15) is 4.79 Å². The molecular formula is C7H8N2O. The summed E-state index contributed by atoms with van der Waals surface area (Å²) in [7, 11) is 0. The van der Waals surface area contributed by atoms with Crippen LogP contribution in [0.1, 0.15) is 5.56 Å². The van der Waals surface area contributed by atoms with Gasteiger partial charge in [-0.25, -0.2) is 0 Å². The predicted molar refractivity (Wildman–Crippen MR) is 38.4 cm³/mol. The molecule has 1 rings (SSSR count). The molecule has 0 bridgehead atoms. The second-order valence-corrected chi connectivity index (χ2v) is 1.95. The van der Waals surface area contributed by atoms with Gasteiger partial charge in [0.05, 0.1) is 0 Å². The molecule has 0 saturated carbocycles. The van der Waals surface area contributed by atoms with Crippen LogP contribution >= 0.6 is 0 Å². The van der Waals surface area contributed by atoms with Gasteiger partial charge in [-0.1, -0.05) is 0 Å². The van der Waals surface area contributed by atoms with Gasteiger partial charge in [-0.3, -0.25) is 4.98 Å². The molecule has 0 saturated heterocycles. The molecule has 2 N–H and O–H groups in total. The fraction of sp³-hybridized carbons (Fsp3) is 0.143. The maximum atomic E-state index is 10.0.